The monoisotopic (exact) mass is 210 g/mol. The predicted molar refractivity (Wildman–Crippen MR) is 61.6 cm³/mol. The van der Waals surface area contributed by atoms with Crippen LogP contribution in [-0.2, 0) is 0 Å². The number of aromatic nitrogens is 1. The summed E-state index contributed by atoms with van der Waals surface area (Å²) < 4.78 is 0. The molecule has 1 aliphatic rings. The summed E-state index contributed by atoms with van der Waals surface area (Å²) in [6, 6.07) is 0. The molecule has 0 amide bonds. The molecule has 1 aromatic rings. The van der Waals surface area contributed by atoms with Crippen LogP contribution in [-0.4, -0.2) is 4.98 Å². The molecular formula is C11H18N2S. The van der Waals surface area contributed by atoms with Gasteiger partial charge in [0.2, 0.25) is 0 Å². The van der Waals surface area contributed by atoms with Crippen LogP contribution in [0.3, 0.4) is 0 Å². The van der Waals surface area contributed by atoms with Crippen molar-refractivity contribution >= 4 is 16.3 Å². The maximum Gasteiger partial charge on any atom is 0.110 e. The molecule has 2 nitrogen and oxygen atoms in total. The number of nitrogen functional groups attached to an aromatic ring is 1. The lowest BCUT2D eigenvalue weighted by Crippen LogP contribution is -2.12. The SMILES string of the molecule is Cc1nc(C2CCC(C)CC2)c(N)s1. The van der Waals surface area contributed by atoms with E-state index in [9.17, 15) is 0 Å². The Morgan fingerprint density at radius 1 is 1.29 bits per heavy atom. The van der Waals surface area contributed by atoms with Gasteiger partial charge in [-0.15, -0.1) is 11.3 Å². The zero-order chi connectivity index (χ0) is 10.1. The number of hydrogen-bond donors (Lipinski definition) is 1. The van der Waals surface area contributed by atoms with Crippen LogP contribution >= 0.6 is 11.3 Å². The van der Waals surface area contributed by atoms with Crippen molar-refractivity contribution in [1.29, 1.82) is 0 Å². The van der Waals surface area contributed by atoms with Crippen LogP contribution in [0.5, 0.6) is 0 Å². The largest absolute Gasteiger partial charge is 0.389 e. The van der Waals surface area contributed by atoms with Gasteiger partial charge in [-0.1, -0.05) is 19.8 Å². The van der Waals surface area contributed by atoms with E-state index in [0.29, 0.717) is 5.92 Å². The highest BCUT2D eigenvalue weighted by Crippen LogP contribution is 2.38. The van der Waals surface area contributed by atoms with Crippen molar-refractivity contribution in [3.63, 3.8) is 0 Å². The maximum absolute atomic E-state index is 5.96. The fourth-order valence-corrected chi connectivity index (χ4v) is 3.06. The summed E-state index contributed by atoms with van der Waals surface area (Å²) >= 11 is 1.63. The first-order chi connectivity index (χ1) is 6.66. The van der Waals surface area contributed by atoms with Crippen molar-refractivity contribution in [2.75, 3.05) is 5.73 Å². The lowest BCUT2D eigenvalue weighted by Gasteiger charge is -2.25. The van der Waals surface area contributed by atoms with Gasteiger partial charge in [-0.25, -0.2) is 4.98 Å². The van der Waals surface area contributed by atoms with Crippen LogP contribution in [0.2, 0.25) is 0 Å². The minimum Gasteiger partial charge on any atom is -0.389 e. The van der Waals surface area contributed by atoms with Crippen LogP contribution < -0.4 is 5.73 Å². The molecule has 0 spiro atoms. The molecule has 3 heteroatoms. The Morgan fingerprint density at radius 3 is 2.43 bits per heavy atom. The molecule has 0 saturated heterocycles. The topological polar surface area (TPSA) is 38.9 Å². The molecule has 1 aromatic heterocycles. The Bertz CT molecular complexity index is 311. The van der Waals surface area contributed by atoms with E-state index in [4.69, 9.17) is 5.73 Å². The molecule has 14 heavy (non-hydrogen) atoms. The molecular weight excluding hydrogens is 192 g/mol. The Balaban J connectivity index is 2.11. The average Bonchev–Trinajstić information content (AvgIpc) is 2.47. The Labute approximate surface area is 89.5 Å². The molecule has 0 aliphatic heterocycles. The number of rotatable bonds is 1. The standard InChI is InChI=1S/C11H18N2S/c1-7-3-5-9(6-4-7)10-11(12)14-8(2)13-10/h7,9H,3-6,12H2,1-2H3. The summed E-state index contributed by atoms with van der Waals surface area (Å²) in [4.78, 5) is 4.55. The van der Waals surface area contributed by atoms with Crippen molar-refractivity contribution in [2.24, 2.45) is 5.92 Å². The molecule has 0 bridgehead atoms. The summed E-state index contributed by atoms with van der Waals surface area (Å²) in [5, 5.41) is 2.05. The molecule has 1 heterocycles. The number of aryl methyl sites for hydroxylation is 1. The van der Waals surface area contributed by atoms with Gasteiger partial charge < -0.3 is 5.73 Å². The minimum atomic E-state index is 0.635. The van der Waals surface area contributed by atoms with E-state index in [2.05, 4.69) is 11.9 Å². The second-order valence-corrected chi connectivity index (χ2v) is 5.67. The van der Waals surface area contributed by atoms with Crippen molar-refractivity contribution < 1.29 is 0 Å². The van der Waals surface area contributed by atoms with Crippen molar-refractivity contribution in [3.05, 3.63) is 10.7 Å². The average molecular weight is 210 g/mol. The molecule has 0 radical (unpaired) electrons. The molecule has 2 N–H and O–H groups in total. The van der Waals surface area contributed by atoms with E-state index in [1.165, 1.54) is 31.4 Å². The third-order valence-corrected chi connectivity index (χ3v) is 4.01. The lowest BCUT2D eigenvalue weighted by molar-refractivity contribution is 0.345. The molecule has 0 unspecified atom stereocenters. The van der Waals surface area contributed by atoms with Crippen LogP contribution in [0.15, 0.2) is 0 Å². The van der Waals surface area contributed by atoms with Crippen LogP contribution in [0.25, 0.3) is 0 Å². The fourth-order valence-electron chi connectivity index (χ4n) is 2.28. The molecule has 0 atom stereocenters. The highest BCUT2D eigenvalue weighted by molar-refractivity contribution is 7.15. The van der Waals surface area contributed by atoms with Gasteiger partial charge >= 0.3 is 0 Å². The number of hydrogen-bond acceptors (Lipinski definition) is 3. The third kappa shape index (κ3) is 1.92. The molecule has 1 aliphatic carbocycles. The lowest BCUT2D eigenvalue weighted by atomic mass is 9.81. The van der Waals surface area contributed by atoms with Crippen LogP contribution in [0, 0.1) is 12.8 Å². The minimum absolute atomic E-state index is 0.635. The number of anilines is 1. The number of nitrogens with zero attached hydrogens (tertiary/aromatic N) is 1. The Hall–Kier alpha value is -0.570. The van der Waals surface area contributed by atoms with E-state index in [0.717, 1.165) is 15.9 Å². The molecule has 0 aromatic carbocycles. The third-order valence-electron chi connectivity index (χ3n) is 3.19. The highest BCUT2D eigenvalue weighted by atomic mass is 32.1. The van der Waals surface area contributed by atoms with Gasteiger partial charge in [-0.3, -0.25) is 0 Å². The normalized spacial score (nSPS) is 27.9. The second-order valence-electron chi connectivity index (χ2n) is 4.44. The summed E-state index contributed by atoms with van der Waals surface area (Å²) in [5.74, 6) is 1.53. The van der Waals surface area contributed by atoms with Gasteiger partial charge in [0.15, 0.2) is 0 Å². The van der Waals surface area contributed by atoms with Gasteiger partial charge in [-0.2, -0.15) is 0 Å². The Morgan fingerprint density at radius 2 is 1.93 bits per heavy atom. The predicted octanol–water partition coefficient (Wildman–Crippen LogP) is 3.33. The van der Waals surface area contributed by atoms with E-state index in [1.807, 2.05) is 6.92 Å². The van der Waals surface area contributed by atoms with Crippen LogP contribution in [0.4, 0.5) is 5.00 Å². The smallest absolute Gasteiger partial charge is 0.110 e. The van der Waals surface area contributed by atoms with Crippen molar-refractivity contribution in [3.8, 4) is 0 Å². The van der Waals surface area contributed by atoms with Gasteiger partial charge in [0, 0.05) is 5.92 Å². The number of thiazole rings is 1. The summed E-state index contributed by atoms with van der Waals surface area (Å²) in [7, 11) is 0. The number of nitrogens with two attached hydrogens (primary N) is 1. The highest BCUT2D eigenvalue weighted by Gasteiger charge is 2.23. The summed E-state index contributed by atoms with van der Waals surface area (Å²) in [6.07, 6.45) is 5.21. The van der Waals surface area contributed by atoms with Gasteiger partial charge in [0.05, 0.1) is 10.7 Å². The molecule has 1 saturated carbocycles. The van der Waals surface area contributed by atoms with E-state index in [-0.39, 0.29) is 0 Å². The first kappa shape index (κ1) is 9.97. The van der Waals surface area contributed by atoms with Gasteiger partial charge in [0.25, 0.3) is 0 Å². The van der Waals surface area contributed by atoms with Crippen molar-refractivity contribution in [2.45, 2.75) is 45.4 Å². The van der Waals surface area contributed by atoms with E-state index < -0.39 is 0 Å². The first-order valence-corrected chi connectivity index (χ1v) is 6.21. The fraction of sp³-hybridized carbons (Fsp3) is 0.727. The van der Waals surface area contributed by atoms with E-state index >= 15 is 0 Å². The zero-order valence-corrected chi connectivity index (χ0v) is 9.73. The van der Waals surface area contributed by atoms with Crippen LogP contribution in [0.1, 0.15) is 49.2 Å². The van der Waals surface area contributed by atoms with E-state index in [1.54, 1.807) is 11.3 Å². The first-order valence-electron chi connectivity index (χ1n) is 5.39. The maximum atomic E-state index is 5.96. The molecule has 78 valence electrons. The molecule has 2 rings (SSSR count). The van der Waals surface area contributed by atoms with Gasteiger partial charge in [0.1, 0.15) is 5.00 Å². The summed E-state index contributed by atoms with van der Waals surface area (Å²) in [6.45, 7) is 4.38. The quantitative estimate of drug-likeness (QED) is 0.772. The zero-order valence-electron chi connectivity index (χ0n) is 8.92. The Kier molecular flexibility index (Phi) is 2.77. The summed E-state index contributed by atoms with van der Waals surface area (Å²) in [5.41, 5.74) is 7.14. The molecule has 1 fully saturated rings. The van der Waals surface area contributed by atoms with Gasteiger partial charge in [-0.05, 0) is 25.7 Å². The van der Waals surface area contributed by atoms with Crippen molar-refractivity contribution in [1.82, 2.24) is 4.98 Å². The second kappa shape index (κ2) is 3.89.